The number of nitrogens with two attached hydrogens (primary N) is 1. The number of benzene rings is 2. The molecule has 1 amide bonds. The number of methoxy groups -OCH3 is 1. The smallest absolute Gasteiger partial charge is 0.258 e. The molecule has 2 aromatic carbocycles. The third-order valence-electron chi connectivity index (χ3n) is 2.60. The first-order chi connectivity index (χ1) is 9.49. The van der Waals surface area contributed by atoms with E-state index in [1.807, 2.05) is 0 Å². The van der Waals surface area contributed by atoms with Crippen LogP contribution in [0.4, 0.5) is 15.8 Å². The van der Waals surface area contributed by atoms with Crippen LogP contribution in [-0.2, 0) is 0 Å². The SMILES string of the molecule is COc1cc(Br)cc(NC(=O)c2cc(N)ccc2F)c1. The lowest BCUT2D eigenvalue weighted by Gasteiger charge is -2.09. The average Bonchev–Trinajstić information content (AvgIpc) is 2.40. The normalized spacial score (nSPS) is 10.2. The van der Waals surface area contributed by atoms with Gasteiger partial charge in [-0.3, -0.25) is 4.79 Å². The minimum Gasteiger partial charge on any atom is -0.497 e. The van der Waals surface area contributed by atoms with Gasteiger partial charge in [-0.25, -0.2) is 4.39 Å². The highest BCUT2D eigenvalue weighted by molar-refractivity contribution is 9.10. The van der Waals surface area contributed by atoms with E-state index in [-0.39, 0.29) is 5.56 Å². The Hall–Kier alpha value is -2.08. The molecular formula is C14H12BrFN2O2. The lowest BCUT2D eigenvalue weighted by atomic mass is 10.1. The molecule has 0 aliphatic rings. The second-order valence-corrected chi connectivity index (χ2v) is 4.99. The summed E-state index contributed by atoms with van der Waals surface area (Å²) in [6.45, 7) is 0. The number of hydrogen-bond acceptors (Lipinski definition) is 3. The zero-order valence-electron chi connectivity index (χ0n) is 10.6. The van der Waals surface area contributed by atoms with Gasteiger partial charge in [0, 0.05) is 21.9 Å². The summed E-state index contributed by atoms with van der Waals surface area (Å²) in [6.07, 6.45) is 0. The maximum atomic E-state index is 13.6. The van der Waals surface area contributed by atoms with Gasteiger partial charge in [-0.05, 0) is 30.3 Å². The summed E-state index contributed by atoms with van der Waals surface area (Å²) >= 11 is 3.30. The molecule has 6 heteroatoms. The van der Waals surface area contributed by atoms with Crippen LogP contribution in [0.25, 0.3) is 0 Å². The van der Waals surface area contributed by atoms with Gasteiger partial charge in [-0.2, -0.15) is 0 Å². The summed E-state index contributed by atoms with van der Waals surface area (Å²) in [5.41, 5.74) is 6.26. The lowest BCUT2D eigenvalue weighted by Crippen LogP contribution is -2.14. The molecule has 4 nitrogen and oxygen atoms in total. The fraction of sp³-hybridized carbons (Fsp3) is 0.0714. The van der Waals surface area contributed by atoms with Crippen LogP contribution in [-0.4, -0.2) is 13.0 Å². The largest absolute Gasteiger partial charge is 0.497 e. The van der Waals surface area contributed by atoms with Crippen molar-refractivity contribution < 1.29 is 13.9 Å². The highest BCUT2D eigenvalue weighted by Gasteiger charge is 2.13. The highest BCUT2D eigenvalue weighted by Crippen LogP contribution is 2.25. The molecular weight excluding hydrogens is 327 g/mol. The number of hydrogen-bond donors (Lipinski definition) is 2. The number of anilines is 2. The molecule has 0 aromatic heterocycles. The molecule has 2 rings (SSSR count). The number of ether oxygens (including phenoxy) is 1. The first-order valence-electron chi connectivity index (χ1n) is 5.70. The van der Waals surface area contributed by atoms with Crippen molar-refractivity contribution in [2.45, 2.75) is 0 Å². The highest BCUT2D eigenvalue weighted by atomic mass is 79.9. The zero-order valence-corrected chi connectivity index (χ0v) is 12.2. The fourth-order valence-electron chi connectivity index (χ4n) is 1.67. The van der Waals surface area contributed by atoms with Gasteiger partial charge in [0.05, 0.1) is 12.7 Å². The minimum absolute atomic E-state index is 0.107. The van der Waals surface area contributed by atoms with Gasteiger partial charge >= 0.3 is 0 Å². The van der Waals surface area contributed by atoms with E-state index in [1.54, 1.807) is 18.2 Å². The number of carbonyl (C=O) groups excluding carboxylic acids is 1. The summed E-state index contributed by atoms with van der Waals surface area (Å²) in [6, 6.07) is 8.91. The molecule has 3 N–H and O–H groups in total. The number of amides is 1. The Morgan fingerprint density at radius 3 is 2.75 bits per heavy atom. The molecule has 2 aromatic rings. The van der Waals surface area contributed by atoms with E-state index in [0.717, 1.165) is 10.5 Å². The van der Waals surface area contributed by atoms with Crippen LogP contribution in [0.3, 0.4) is 0 Å². The van der Waals surface area contributed by atoms with Gasteiger partial charge < -0.3 is 15.8 Å². The van der Waals surface area contributed by atoms with E-state index in [4.69, 9.17) is 10.5 Å². The Bertz CT molecular complexity index is 662. The first-order valence-corrected chi connectivity index (χ1v) is 6.50. The number of halogens is 2. The summed E-state index contributed by atoms with van der Waals surface area (Å²) in [5.74, 6) is -0.628. The van der Waals surface area contributed by atoms with Gasteiger partial charge in [-0.15, -0.1) is 0 Å². The number of nitrogens with one attached hydrogen (secondary N) is 1. The zero-order chi connectivity index (χ0) is 14.7. The predicted octanol–water partition coefficient (Wildman–Crippen LogP) is 3.43. The van der Waals surface area contributed by atoms with E-state index in [0.29, 0.717) is 17.1 Å². The van der Waals surface area contributed by atoms with Crippen LogP contribution >= 0.6 is 15.9 Å². The van der Waals surface area contributed by atoms with Crippen molar-refractivity contribution in [3.8, 4) is 5.75 Å². The molecule has 0 fully saturated rings. The Balaban J connectivity index is 2.27. The van der Waals surface area contributed by atoms with Gasteiger partial charge in [0.25, 0.3) is 5.91 Å². The molecule has 0 saturated carbocycles. The molecule has 20 heavy (non-hydrogen) atoms. The summed E-state index contributed by atoms with van der Waals surface area (Å²) in [5, 5.41) is 2.60. The third-order valence-corrected chi connectivity index (χ3v) is 3.06. The summed E-state index contributed by atoms with van der Waals surface area (Å²) < 4.78 is 19.4. The van der Waals surface area contributed by atoms with Crippen molar-refractivity contribution in [1.82, 2.24) is 0 Å². The van der Waals surface area contributed by atoms with E-state index in [2.05, 4.69) is 21.2 Å². The molecule has 0 unspecified atom stereocenters. The Kier molecular flexibility index (Phi) is 4.24. The molecule has 0 atom stereocenters. The van der Waals surface area contributed by atoms with Gasteiger partial charge in [-0.1, -0.05) is 15.9 Å². The van der Waals surface area contributed by atoms with Crippen LogP contribution in [0.15, 0.2) is 40.9 Å². The van der Waals surface area contributed by atoms with Crippen molar-refractivity contribution in [3.63, 3.8) is 0 Å². The Labute approximate surface area is 123 Å². The second-order valence-electron chi connectivity index (χ2n) is 4.07. The Morgan fingerprint density at radius 1 is 1.30 bits per heavy atom. The summed E-state index contributed by atoms with van der Waals surface area (Å²) in [7, 11) is 1.52. The topological polar surface area (TPSA) is 64.3 Å². The van der Waals surface area contributed by atoms with Gasteiger partial charge in [0.15, 0.2) is 0 Å². The third kappa shape index (κ3) is 3.27. The second kappa shape index (κ2) is 5.92. The van der Waals surface area contributed by atoms with E-state index in [9.17, 15) is 9.18 Å². The molecule has 0 spiro atoms. The van der Waals surface area contributed by atoms with Crippen molar-refractivity contribution in [2.75, 3.05) is 18.2 Å². The standard InChI is InChI=1S/C14H12BrFN2O2/c1-20-11-5-8(15)4-10(7-11)18-14(19)12-6-9(17)2-3-13(12)16/h2-7H,17H2,1H3,(H,18,19). The van der Waals surface area contributed by atoms with E-state index < -0.39 is 11.7 Å². The van der Waals surface area contributed by atoms with E-state index >= 15 is 0 Å². The van der Waals surface area contributed by atoms with E-state index in [1.165, 1.54) is 19.2 Å². The molecule has 0 aliphatic carbocycles. The van der Waals surface area contributed by atoms with Gasteiger partial charge in [0.2, 0.25) is 0 Å². The fourth-order valence-corrected chi connectivity index (χ4v) is 2.14. The van der Waals surface area contributed by atoms with Crippen molar-refractivity contribution >= 4 is 33.2 Å². The van der Waals surface area contributed by atoms with Crippen molar-refractivity contribution in [3.05, 3.63) is 52.3 Å². The van der Waals surface area contributed by atoms with Crippen LogP contribution in [0.2, 0.25) is 0 Å². The quantitative estimate of drug-likeness (QED) is 0.842. The molecule has 0 aliphatic heterocycles. The average molecular weight is 339 g/mol. The Morgan fingerprint density at radius 2 is 2.05 bits per heavy atom. The van der Waals surface area contributed by atoms with Crippen LogP contribution in [0.5, 0.6) is 5.75 Å². The number of nitrogen functional groups attached to an aromatic ring is 1. The molecule has 0 bridgehead atoms. The van der Waals surface area contributed by atoms with Crippen molar-refractivity contribution in [2.24, 2.45) is 0 Å². The van der Waals surface area contributed by atoms with Crippen LogP contribution in [0.1, 0.15) is 10.4 Å². The van der Waals surface area contributed by atoms with Crippen LogP contribution in [0, 0.1) is 5.82 Å². The summed E-state index contributed by atoms with van der Waals surface area (Å²) in [4.78, 5) is 12.0. The number of carbonyl (C=O) groups is 1. The van der Waals surface area contributed by atoms with Crippen molar-refractivity contribution in [1.29, 1.82) is 0 Å². The molecule has 0 saturated heterocycles. The maximum absolute atomic E-state index is 13.6. The maximum Gasteiger partial charge on any atom is 0.258 e. The monoisotopic (exact) mass is 338 g/mol. The first kappa shape index (κ1) is 14.3. The predicted molar refractivity (Wildman–Crippen MR) is 79.5 cm³/mol. The minimum atomic E-state index is -0.626. The number of rotatable bonds is 3. The molecule has 104 valence electrons. The van der Waals surface area contributed by atoms with Crippen LogP contribution < -0.4 is 15.8 Å². The molecule has 0 heterocycles. The lowest BCUT2D eigenvalue weighted by molar-refractivity contribution is 0.102. The molecule has 0 radical (unpaired) electrons. The van der Waals surface area contributed by atoms with Gasteiger partial charge in [0.1, 0.15) is 11.6 Å².